The molecule has 1 aromatic carbocycles. The van der Waals surface area contributed by atoms with Gasteiger partial charge in [-0.3, -0.25) is 4.90 Å². The second-order valence-electron chi connectivity index (χ2n) is 10.2. The average molecular weight is 457 g/mol. The fourth-order valence-corrected chi connectivity index (χ4v) is 7.06. The number of hydrogen-bond donors (Lipinski definition) is 1. The molecule has 1 heterocycles. The number of benzene rings is 1. The summed E-state index contributed by atoms with van der Waals surface area (Å²) in [4.78, 5) is 4.82. The molecule has 0 amide bonds. The van der Waals surface area contributed by atoms with Gasteiger partial charge in [0, 0.05) is 38.4 Å². The standard InChI is InChI=1S/C24H36N2O2.2ClH/c27-23(16-25-6-8-26(9-7-25)22-4-2-1-3-5-22)17-28-18-24-13-19-10-20(14-24)12-21(11-19)15-24;;/h1-5,19-21,23,27H,6-18H2;2*1H. The molecular formula is C24H38Cl2N2O2. The summed E-state index contributed by atoms with van der Waals surface area (Å²) in [6, 6.07) is 10.6. The maximum atomic E-state index is 10.5. The topological polar surface area (TPSA) is 35.9 Å². The van der Waals surface area contributed by atoms with E-state index in [4.69, 9.17) is 4.74 Å². The van der Waals surface area contributed by atoms with Gasteiger partial charge >= 0.3 is 0 Å². The lowest BCUT2D eigenvalue weighted by molar-refractivity contribution is -0.107. The summed E-state index contributed by atoms with van der Waals surface area (Å²) in [6.07, 6.45) is 8.24. The second-order valence-corrected chi connectivity index (χ2v) is 10.2. The Labute approximate surface area is 194 Å². The SMILES string of the molecule is Cl.Cl.OC(COCC12CC3CC(CC(C3)C1)C2)CN1CCN(c2ccccc2)CC1. The lowest BCUT2D eigenvalue weighted by Crippen LogP contribution is -2.50. The highest BCUT2D eigenvalue weighted by Gasteiger charge is 2.50. The number of halogens is 2. The molecule has 6 heteroatoms. The van der Waals surface area contributed by atoms with Gasteiger partial charge in [0.25, 0.3) is 0 Å². The van der Waals surface area contributed by atoms with Crippen LogP contribution in [0.4, 0.5) is 5.69 Å². The Morgan fingerprint density at radius 1 is 0.900 bits per heavy atom. The quantitative estimate of drug-likeness (QED) is 0.664. The zero-order valence-electron chi connectivity index (χ0n) is 18.0. The molecule has 6 rings (SSSR count). The van der Waals surface area contributed by atoms with Gasteiger partial charge in [0.15, 0.2) is 0 Å². The molecule has 1 atom stereocenters. The third-order valence-electron chi connectivity index (χ3n) is 7.85. The van der Waals surface area contributed by atoms with E-state index >= 15 is 0 Å². The molecule has 1 saturated heterocycles. The first kappa shape index (κ1) is 24.1. The Hall–Kier alpha value is -0.520. The number of hydrogen-bond acceptors (Lipinski definition) is 4. The maximum absolute atomic E-state index is 10.5. The van der Waals surface area contributed by atoms with Crippen LogP contribution in [0.15, 0.2) is 30.3 Å². The maximum Gasteiger partial charge on any atom is 0.0900 e. The van der Waals surface area contributed by atoms with E-state index in [0.717, 1.165) is 57.1 Å². The van der Waals surface area contributed by atoms with Crippen LogP contribution in [-0.4, -0.2) is 62.0 Å². The van der Waals surface area contributed by atoms with Gasteiger partial charge in [0.1, 0.15) is 0 Å². The van der Waals surface area contributed by atoms with E-state index in [9.17, 15) is 5.11 Å². The van der Waals surface area contributed by atoms with Crippen molar-refractivity contribution in [1.82, 2.24) is 4.90 Å². The Balaban J connectivity index is 0.00000128. The van der Waals surface area contributed by atoms with Crippen LogP contribution in [0.3, 0.4) is 0 Å². The molecule has 1 aromatic rings. The molecule has 0 spiro atoms. The fourth-order valence-electron chi connectivity index (χ4n) is 7.06. The molecule has 0 radical (unpaired) electrons. The van der Waals surface area contributed by atoms with E-state index < -0.39 is 0 Å². The van der Waals surface area contributed by atoms with Crippen molar-refractivity contribution in [2.24, 2.45) is 23.2 Å². The van der Waals surface area contributed by atoms with Gasteiger partial charge in [-0.1, -0.05) is 18.2 Å². The van der Waals surface area contributed by atoms with Gasteiger partial charge < -0.3 is 14.7 Å². The molecule has 5 aliphatic rings. The van der Waals surface area contributed by atoms with Crippen molar-refractivity contribution in [1.29, 1.82) is 0 Å². The van der Waals surface area contributed by atoms with Crippen LogP contribution >= 0.6 is 24.8 Å². The molecule has 1 aliphatic heterocycles. The zero-order chi connectivity index (χ0) is 19.0. The highest BCUT2D eigenvalue weighted by Crippen LogP contribution is 2.60. The minimum absolute atomic E-state index is 0. The van der Waals surface area contributed by atoms with Crippen LogP contribution in [0.5, 0.6) is 0 Å². The summed E-state index contributed by atoms with van der Waals surface area (Å²) in [6.45, 7) is 6.22. The fraction of sp³-hybridized carbons (Fsp3) is 0.750. The van der Waals surface area contributed by atoms with Gasteiger partial charge in [-0.15, -0.1) is 24.8 Å². The summed E-state index contributed by atoms with van der Waals surface area (Å²) in [7, 11) is 0. The van der Waals surface area contributed by atoms with Crippen molar-refractivity contribution in [3.05, 3.63) is 30.3 Å². The van der Waals surface area contributed by atoms with E-state index in [1.807, 2.05) is 0 Å². The second kappa shape index (κ2) is 10.4. The number of aliphatic hydroxyl groups excluding tert-OH is 1. The van der Waals surface area contributed by atoms with Crippen LogP contribution in [0.2, 0.25) is 0 Å². The van der Waals surface area contributed by atoms with Crippen LogP contribution in [-0.2, 0) is 4.74 Å². The lowest BCUT2D eigenvalue weighted by atomic mass is 9.50. The molecule has 0 aromatic heterocycles. The number of aliphatic hydroxyl groups is 1. The molecule has 170 valence electrons. The van der Waals surface area contributed by atoms with Crippen LogP contribution in [0.1, 0.15) is 38.5 Å². The van der Waals surface area contributed by atoms with E-state index in [0.29, 0.717) is 12.0 Å². The number of β-amino-alcohol motifs (C(OH)–C–C–N with tert-alkyl or cyclic N) is 1. The smallest absolute Gasteiger partial charge is 0.0900 e. The molecule has 4 nitrogen and oxygen atoms in total. The molecular weight excluding hydrogens is 419 g/mol. The van der Waals surface area contributed by atoms with Gasteiger partial charge in [-0.25, -0.2) is 0 Å². The van der Waals surface area contributed by atoms with Gasteiger partial charge in [0.2, 0.25) is 0 Å². The Morgan fingerprint density at radius 2 is 1.47 bits per heavy atom. The van der Waals surface area contributed by atoms with Crippen molar-refractivity contribution in [3.8, 4) is 0 Å². The first-order chi connectivity index (χ1) is 13.7. The molecule has 4 aliphatic carbocycles. The largest absolute Gasteiger partial charge is 0.389 e. The first-order valence-corrected chi connectivity index (χ1v) is 11.5. The molecule has 1 N–H and O–H groups in total. The zero-order valence-corrected chi connectivity index (χ0v) is 19.6. The van der Waals surface area contributed by atoms with Gasteiger partial charge in [-0.05, 0) is 73.8 Å². The summed E-state index contributed by atoms with van der Waals surface area (Å²) in [5, 5.41) is 10.5. The van der Waals surface area contributed by atoms with E-state index in [-0.39, 0.29) is 30.9 Å². The summed E-state index contributed by atoms with van der Waals surface area (Å²) >= 11 is 0. The highest BCUT2D eigenvalue weighted by molar-refractivity contribution is 5.85. The van der Waals surface area contributed by atoms with E-state index in [1.54, 1.807) is 0 Å². The number of nitrogens with zero attached hydrogens (tertiary/aromatic N) is 2. The third-order valence-corrected chi connectivity index (χ3v) is 7.85. The van der Waals surface area contributed by atoms with E-state index in [1.165, 1.54) is 44.2 Å². The third kappa shape index (κ3) is 5.45. The van der Waals surface area contributed by atoms with Crippen LogP contribution in [0, 0.1) is 23.2 Å². The molecule has 30 heavy (non-hydrogen) atoms. The highest BCUT2D eigenvalue weighted by atomic mass is 35.5. The number of ether oxygens (including phenoxy) is 1. The number of rotatable bonds is 7. The minimum atomic E-state index is -0.364. The Bertz CT molecular complexity index is 617. The average Bonchev–Trinajstić information content (AvgIpc) is 2.68. The normalized spacial score (nSPS) is 33.6. The van der Waals surface area contributed by atoms with Crippen molar-refractivity contribution in [2.45, 2.75) is 44.6 Å². The van der Waals surface area contributed by atoms with Crippen molar-refractivity contribution < 1.29 is 9.84 Å². The predicted molar refractivity (Wildman–Crippen MR) is 127 cm³/mol. The molecule has 1 unspecified atom stereocenters. The van der Waals surface area contributed by atoms with Gasteiger partial charge in [0.05, 0.1) is 19.3 Å². The molecule has 4 saturated carbocycles. The summed E-state index contributed by atoms with van der Waals surface area (Å²) in [5.74, 6) is 2.92. The predicted octanol–water partition coefficient (Wildman–Crippen LogP) is 4.25. The molecule has 4 bridgehead atoms. The summed E-state index contributed by atoms with van der Waals surface area (Å²) in [5.41, 5.74) is 1.76. The number of para-hydroxylation sites is 1. The minimum Gasteiger partial charge on any atom is -0.389 e. The monoisotopic (exact) mass is 456 g/mol. The van der Waals surface area contributed by atoms with E-state index in [2.05, 4.69) is 40.1 Å². The Kier molecular flexibility index (Phi) is 8.36. The summed E-state index contributed by atoms with van der Waals surface area (Å²) < 4.78 is 6.13. The van der Waals surface area contributed by atoms with Gasteiger partial charge in [-0.2, -0.15) is 0 Å². The van der Waals surface area contributed by atoms with Crippen LogP contribution < -0.4 is 4.90 Å². The molecule has 5 fully saturated rings. The number of anilines is 1. The Morgan fingerprint density at radius 3 is 2.03 bits per heavy atom. The van der Waals surface area contributed by atoms with Crippen molar-refractivity contribution in [2.75, 3.05) is 50.8 Å². The number of piperazine rings is 1. The lowest BCUT2D eigenvalue weighted by Gasteiger charge is -2.56. The van der Waals surface area contributed by atoms with Crippen molar-refractivity contribution >= 4 is 30.5 Å². The van der Waals surface area contributed by atoms with Crippen LogP contribution in [0.25, 0.3) is 0 Å². The van der Waals surface area contributed by atoms with Crippen molar-refractivity contribution in [3.63, 3.8) is 0 Å². The first-order valence-electron chi connectivity index (χ1n) is 11.5.